The second-order valence-electron chi connectivity index (χ2n) is 4.12. The van der Waals surface area contributed by atoms with Gasteiger partial charge in [0.05, 0.1) is 4.90 Å². The number of carbonyl (C=O) groups excluding carboxylic acids is 1. The largest absolute Gasteiger partial charge is 0.480 e. The third-order valence-corrected chi connectivity index (χ3v) is 4.31. The average molecular weight is 355 g/mol. The molecule has 0 aliphatic heterocycles. The summed E-state index contributed by atoms with van der Waals surface area (Å²) in [5, 5.41) is 9.15. The van der Waals surface area contributed by atoms with Crippen LogP contribution in [0.25, 0.3) is 0 Å². The SMILES string of the molecule is NC(=O)CC[C@@H](NS(=O)(=O)c1cc(Cl)cc(Cl)c1)C(=O)O. The molecule has 1 aromatic rings. The number of halogens is 2. The number of primary amides is 1. The molecule has 116 valence electrons. The predicted molar refractivity (Wildman–Crippen MR) is 76.6 cm³/mol. The van der Waals surface area contributed by atoms with Crippen molar-refractivity contribution in [3.63, 3.8) is 0 Å². The summed E-state index contributed by atoms with van der Waals surface area (Å²) in [5.41, 5.74) is 4.91. The van der Waals surface area contributed by atoms with Gasteiger partial charge in [-0.1, -0.05) is 23.2 Å². The molecule has 0 spiro atoms. The Bertz CT molecular complexity index is 642. The summed E-state index contributed by atoms with van der Waals surface area (Å²) in [5.74, 6) is -2.15. The first-order chi connectivity index (χ1) is 9.61. The van der Waals surface area contributed by atoms with Crippen LogP contribution in [0.2, 0.25) is 10.0 Å². The standard InChI is InChI=1S/C11H12Cl2N2O5S/c12-6-3-7(13)5-8(4-6)21(19,20)15-9(11(17)18)1-2-10(14)16/h3-5,9,15H,1-2H2,(H2,14,16)(H,17,18)/t9-/m1/s1. The topological polar surface area (TPSA) is 127 Å². The lowest BCUT2D eigenvalue weighted by Crippen LogP contribution is -2.41. The highest BCUT2D eigenvalue weighted by molar-refractivity contribution is 7.89. The van der Waals surface area contributed by atoms with Crippen LogP contribution in [0, 0.1) is 0 Å². The molecule has 4 N–H and O–H groups in total. The number of carboxylic acids is 1. The van der Waals surface area contributed by atoms with Gasteiger partial charge in [0.2, 0.25) is 15.9 Å². The third kappa shape index (κ3) is 5.50. The Morgan fingerprint density at radius 3 is 2.19 bits per heavy atom. The van der Waals surface area contributed by atoms with Crippen LogP contribution in [0.3, 0.4) is 0 Å². The van der Waals surface area contributed by atoms with E-state index in [1.807, 2.05) is 4.72 Å². The van der Waals surface area contributed by atoms with Gasteiger partial charge in [-0.15, -0.1) is 0 Å². The van der Waals surface area contributed by atoms with Gasteiger partial charge >= 0.3 is 5.97 Å². The number of hydrogen-bond acceptors (Lipinski definition) is 4. The van der Waals surface area contributed by atoms with Gasteiger partial charge in [-0.2, -0.15) is 4.72 Å². The Kier molecular flexibility index (Phi) is 5.97. The lowest BCUT2D eigenvalue weighted by atomic mass is 10.2. The Morgan fingerprint density at radius 2 is 1.76 bits per heavy atom. The Morgan fingerprint density at radius 1 is 1.24 bits per heavy atom. The van der Waals surface area contributed by atoms with Crippen LogP contribution in [0.4, 0.5) is 0 Å². The molecule has 0 bridgehead atoms. The number of carboxylic acid groups (broad SMARTS) is 1. The summed E-state index contributed by atoms with van der Waals surface area (Å²) in [4.78, 5) is 21.4. The van der Waals surface area contributed by atoms with Gasteiger partial charge in [0.1, 0.15) is 6.04 Å². The van der Waals surface area contributed by atoms with Crippen LogP contribution in [-0.4, -0.2) is 31.4 Å². The molecular weight excluding hydrogens is 343 g/mol. The van der Waals surface area contributed by atoms with Gasteiger partial charge < -0.3 is 10.8 Å². The number of sulfonamides is 1. The summed E-state index contributed by atoms with van der Waals surface area (Å²) < 4.78 is 26.1. The van der Waals surface area contributed by atoms with Crippen molar-refractivity contribution in [2.45, 2.75) is 23.8 Å². The minimum atomic E-state index is -4.15. The molecule has 0 saturated heterocycles. The molecule has 0 aromatic heterocycles. The van der Waals surface area contributed by atoms with Crippen molar-refractivity contribution in [1.82, 2.24) is 4.72 Å². The average Bonchev–Trinajstić information content (AvgIpc) is 2.32. The van der Waals surface area contributed by atoms with Crippen LogP contribution in [-0.2, 0) is 19.6 Å². The van der Waals surface area contributed by atoms with Gasteiger partial charge in [0, 0.05) is 16.5 Å². The number of carbonyl (C=O) groups is 2. The molecule has 10 heteroatoms. The molecule has 0 radical (unpaired) electrons. The maximum Gasteiger partial charge on any atom is 0.321 e. The summed E-state index contributed by atoms with van der Waals surface area (Å²) in [6.45, 7) is 0. The first-order valence-electron chi connectivity index (χ1n) is 5.61. The molecule has 7 nitrogen and oxygen atoms in total. The number of nitrogens with two attached hydrogens (primary N) is 1. The van der Waals surface area contributed by atoms with Gasteiger partial charge in [-0.25, -0.2) is 8.42 Å². The van der Waals surface area contributed by atoms with E-state index in [0.29, 0.717) is 0 Å². The Balaban J connectivity index is 3.00. The number of rotatable bonds is 7. The van der Waals surface area contributed by atoms with Gasteiger partial charge in [0.25, 0.3) is 0 Å². The maximum atomic E-state index is 12.1. The fourth-order valence-electron chi connectivity index (χ4n) is 1.46. The molecule has 1 atom stereocenters. The third-order valence-electron chi connectivity index (χ3n) is 2.42. The zero-order chi connectivity index (χ0) is 16.2. The van der Waals surface area contributed by atoms with E-state index in [2.05, 4.69) is 0 Å². The minimum Gasteiger partial charge on any atom is -0.480 e. The highest BCUT2D eigenvalue weighted by Crippen LogP contribution is 2.22. The van der Waals surface area contributed by atoms with Crippen molar-refractivity contribution >= 4 is 45.1 Å². The number of amides is 1. The number of nitrogens with one attached hydrogen (secondary N) is 1. The van der Waals surface area contributed by atoms with Gasteiger partial charge in [0.15, 0.2) is 0 Å². The molecule has 0 saturated carbocycles. The van der Waals surface area contributed by atoms with Gasteiger partial charge in [-0.3, -0.25) is 9.59 Å². The van der Waals surface area contributed by atoms with Gasteiger partial charge in [-0.05, 0) is 24.6 Å². The van der Waals surface area contributed by atoms with Crippen LogP contribution in [0.15, 0.2) is 23.1 Å². The Hall–Kier alpha value is -1.35. The molecular formula is C11H12Cl2N2O5S. The maximum absolute atomic E-state index is 12.1. The highest BCUT2D eigenvalue weighted by atomic mass is 35.5. The fraction of sp³-hybridized carbons (Fsp3) is 0.273. The molecule has 1 aromatic carbocycles. The minimum absolute atomic E-state index is 0.0897. The molecule has 0 fully saturated rings. The second kappa shape index (κ2) is 7.08. The summed E-state index contributed by atoms with van der Waals surface area (Å²) in [6, 6.07) is 2.11. The molecule has 0 aliphatic carbocycles. The van der Waals surface area contributed by atoms with Crippen molar-refractivity contribution in [3.8, 4) is 0 Å². The lowest BCUT2D eigenvalue weighted by Gasteiger charge is -2.14. The summed E-state index contributed by atoms with van der Waals surface area (Å²) in [6.07, 6.45) is -0.534. The molecule has 0 unspecified atom stereocenters. The zero-order valence-corrected chi connectivity index (χ0v) is 12.9. The van der Waals surface area contributed by atoms with Crippen LogP contribution >= 0.6 is 23.2 Å². The molecule has 21 heavy (non-hydrogen) atoms. The van der Waals surface area contributed by atoms with E-state index in [9.17, 15) is 18.0 Å². The van der Waals surface area contributed by atoms with Crippen molar-refractivity contribution in [2.75, 3.05) is 0 Å². The quantitative estimate of drug-likeness (QED) is 0.672. The zero-order valence-electron chi connectivity index (χ0n) is 10.5. The second-order valence-corrected chi connectivity index (χ2v) is 6.71. The first kappa shape index (κ1) is 17.7. The van der Waals surface area contributed by atoms with E-state index in [1.54, 1.807) is 0 Å². The van der Waals surface area contributed by atoms with E-state index < -0.39 is 27.9 Å². The smallest absolute Gasteiger partial charge is 0.321 e. The monoisotopic (exact) mass is 354 g/mol. The van der Waals surface area contributed by atoms with Crippen LogP contribution < -0.4 is 10.5 Å². The van der Waals surface area contributed by atoms with E-state index in [0.717, 1.165) is 12.1 Å². The van der Waals surface area contributed by atoms with E-state index in [-0.39, 0.29) is 27.8 Å². The Labute approximate surface area is 131 Å². The molecule has 1 amide bonds. The first-order valence-corrected chi connectivity index (χ1v) is 7.85. The molecule has 0 heterocycles. The number of aliphatic carboxylic acids is 1. The lowest BCUT2D eigenvalue weighted by molar-refractivity contribution is -0.139. The number of benzene rings is 1. The molecule has 0 aliphatic rings. The normalized spacial score (nSPS) is 12.9. The van der Waals surface area contributed by atoms with Crippen molar-refractivity contribution in [1.29, 1.82) is 0 Å². The summed E-state index contributed by atoms with van der Waals surface area (Å²) >= 11 is 11.4. The highest BCUT2D eigenvalue weighted by Gasteiger charge is 2.26. The molecule has 1 rings (SSSR count). The van der Waals surface area contributed by atoms with E-state index in [1.165, 1.54) is 6.07 Å². The number of hydrogen-bond donors (Lipinski definition) is 3. The van der Waals surface area contributed by atoms with Crippen molar-refractivity contribution in [3.05, 3.63) is 28.2 Å². The van der Waals surface area contributed by atoms with Crippen molar-refractivity contribution < 1.29 is 23.1 Å². The van der Waals surface area contributed by atoms with E-state index >= 15 is 0 Å². The predicted octanol–water partition coefficient (Wildman–Crippen LogP) is 0.990. The fourth-order valence-corrected chi connectivity index (χ4v) is 3.41. The summed E-state index contributed by atoms with van der Waals surface area (Å²) in [7, 11) is -4.15. The van der Waals surface area contributed by atoms with Crippen LogP contribution in [0.5, 0.6) is 0 Å². The van der Waals surface area contributed by atoms with Crippen LogP contribution in [0.1, 0.15) is 12.8 Å². The van der Waals surface area contributed by atoms with E-state index in [4.69, 9.17) is 34.0 Å². The van der Waals surface area contributed by atoms with Crippen molar-refractivity contribution in [2.24, 2.45) is 5.73 Å².